The van der Waals surface area contributed by atoms with Gasteiger partial charge in [-0.1, -0.05) is 127 Å². The van der Waals surface area contributed by atoms with Crippen LogP contribution in [0.3, 0.4) is 0 Å². The summed E-state index contributed by atoms with van der Waals surface area (Å²) in [7, 11) is 0. The summed E-state index contributed by atoms with van der Waals surface area (Å²) in [4.78, 5) is 5.58. The fourth-order valence-corrected chi connectivity index (χ4v) is 9.87. The molecule has 4 nitrogen and oxygen atoms in total. The molecule has 0 aliphatic carbocycles. The molecule has 0 saturated carbocycles. The van der Waals surface area contributed by atoms with E-state index in [1.54, 1.807) is 0 Å². The van der Waals surface area contributed by atoms with E-state index in [0.717, 1.165) is 44.5 Å². The Morgan fingerprint density at radius 2 is 0.737 bits per heavy atom. The lowest BCUT2D eigenvalue weighted by molar-refractivity contribution is 1.10. The van der Waals surface area contributed by atoms with Crippen LogP contribution in [-0.4, -0.2) is 18.7 Å². The van der Waals surface area contributed by atoms with Crippen molar-refractivity contribution in [2.24, 2.45) is 0 Å². The van der Waals surface area contributed by atoms with Crippen molar-refractivity contribution in [1.82, 2.24) is 18.7 Å². The van der Waals surface area contributed by atoms with E-state index >= 15 is 0 Å². The number of hydrogen-bond donors (Lipinski definition) is 0. The van der Waals surface area contributed by atoms with Crippen LogP contribution in [-0.2, 0) is 0 Å². The lowest BCUT2D eigenvalue weighted by Crippen LogP contribution is -2.00. The van der Waals surface area contributed by atoms with Crippen molar-refractivity contribution in [3.8, 4) is 17.2 Å². The number of fused-ring (bicyclic) bond motifs is 15. The van der Waals surface area contributed by atoms with Gasteiger partial charge in [-0.25, -0.2) is 4.98 Å². The molecule has 0 saturated heterocycles. The molecule has 0 aliphatic heterocycles. The summed E-state index contributed by atoms with van der Waals surface area (Å²) >= 11 is 0. The first kappa shape index (κ1) is 30.6. The summed E-state index contributed by atoms with van der Waals surface area (Å²) < 4.78 is 7.20. The number of benzene rings is 9. The summed E-state index contributed by atoms with van der Waals surface area (Å²) in [6.45, 7) is 0. The van der Waals surface area contributed by atoms with Gasteiger partial charge in [0, 0.05) is 54.2 Å². The third-order valence-electron chi connectivity index (χ3n) is 12.2. The molecule has 0 aliphatic rings. The Kier molecular flexibility index (Phi) is 6.13. The SMILES string of the molecule is c1ccc2c(c1)c1cccc(-n3c4ccccc4c4cc(-n5c6ccccc6c6ccccc65)ccc43)c1c1ccc(-n3c4ccccc4c4ccccc43)nc21. The van der Waals surface area contributed by atoms with Gasteiger partial charge >= 0.3 is 0 Å². The molecule has 57 heavy (non-hydrogen) atoms. The highest BCUT2D eigenvalue weighted by molar-refractivity contribution is 6.27. The largest absolute Gasteiger partial charge is 0.309 e. The minimum atomic E-state index is 0.913. The molecule has 264 valence electrons. The molecule has 0 radical (unpaired) electrons. The van der Waals surface area contributed by atoms with Crippen molar-refractivity contribution in [2.45, 2.75) is 0 Å². The molecule has 13 aromatic rings. The number of rotatable bonds is 3. The van der Waals surface area contributed by atoms with Crippen LogP contribution in [0.2, 0.25) is 0 Å². The van der Waals surface area contributed by atoms with Crippen LogP contribution in [0.15, 0.2) is 194 Å². The van der Waals surface area contributed by atoms with Gasteiger partial charge in [-0.15, -0.1) is 0 Å². The molecule has 4 aromatic heterocycles. The smallest absolute Gasteiger partial charge is 0.138 e. The molecule has 0 atom stereocenters. The van der Waals surface area contributed by atoms with E-state index in [4.69, 9.17) is 4.98 Å². The molecule has 0 amide bonds. The zero-order chi connectivity index (χ0) is 37.2. The van der Waals surface area contributed by atoms with E-state index in [2.05, 4.69) is 208 Å². The second kappa shape index (κ2) is 11.4. The summed E-state index contributed by atoms with van der Waals surface area (Å²) in [5.74, 6) is 0.913. The van der Waals surface area contributed by atoms with Crippen LogP contribution in [0.1, 0.15) is 0 Å². The summed E-state index contributed by atoms with van der Waals surface area (Å²) in [5.41, 5.74) is 10.4. The quantitative estimate of drug-likeness (QED) is 0.167. The number of aromatic nitrogens is 4. The molecule has 4 heterocycles. The first-order valence-corrected chi connectivity index (χ1v) is 19.6. The van der Waals surface area contributed by atoms with E-state index in [1.165, 1.54) is 70.5 Å². The minimum absolute atomic E-state index is 0.913. The van der Waals surface area contributed by atoms with Crippen LogP contribution >= 0.6 is 0 Å². The summed E-state index contributed by atoms with van der Waals surface area (Å²) in [6, 6.07) is 70.6. The summed E-state index contributed by atoms with van der Waals surface area (Å²) in [6.07, 6.45) is 0. The zero-order valence-corrected chi connectivity index (χ0v) is 30.8. The van der Waals surface area contributed by atoms with Gasteiger partial charge in [-0.2, -0.15) is 0 Å². The van der Waals surface area contributed by atoms with Crippen LogP contribution < -0.4 is 0 Å². The fourth-order valence-electron chi connectivity index (χ4n) is 9.87. The van der Waals surface area contributed by atoms with Gasteiger partial charge in [0.15, 0.2) is 0 Å². The average Bonchev–Trinajstić information content (AvgIpc) is 3.92. The van der Waals surface area contributed by atoms with Crippen molar-refractivity contribution < 1.29 is 0 Å². The van der Waals surface area contributed by atoms with Gasteiger partial charge in [0.05, 0.1) is 44.3 Å². The van der Waals surface area contributed by atoms with Gasteiger partial charge in [0.25, 0.3) is 0 Å². The van der Waals surface area contributed by atoms with Crippen molar-refractivity contribution in [2.75, 3.05) is 0 Å². The normalized spacial score (nSPS) is 12.2. The highest BCUT2D eigenvalue weighted by atomic mass is 15.1. The highest BCUT2D eigenvalue weighted by Crippen LogP contribution is 2.42. The minimum Gasteiger partial charge on any atom is -0.309 e. The van der Waals surface area contributed by atoms with E-state index in [-0.39, 0.29) is 0 Å². The molecular formula is C53H32N4. The van der Waals surface area contributed by atoms with Crippen molar-refractivity contribution in [3.05, 3.63) is 194 Å². The molecule has 0 N–H and O–H groups in total. The second-order valence-electron chi connectivity index (χ2n) is 15.1. The second-order valence-corrected chi connectivity index (χ2v) is 15.1. The molecule has 0 bridgehead atoms. The van der Waals surface area contributed by atoms with Crippen molar-refractivity contribution >= 4 is 97.9 Å². The van der Waals surface area contributed by atoms with E-state index < -0.39 is 0 Å². The first-order chi connectivity index (χ1) is 28.3. The Balaban J connectivity index is 1.11. The first-order valence-electron chi connectivity index (χ1n) is 19.6. The predicted octanol–water partition coefficient (Wildman–Crippen LogP) is 13.8. The molecular weight excluding hydrogens is 693 g/mol. The monoisotopic (exact) mass is 724 g/mol. The molecule has 0 fully saturated rings. The fraction of sp³-hybridized carbons (Fsp3) is 0. The van der Waals surface area contributed by atoms with Gasteiger partial charge in [-0.05, 0) is 77.5 Å². The maximum atomic E-state index is 5.58. The van der Waals surface area contributed by atoms with Crippen molar-refractivity contribution in [3.63, 3.8) is 0 Å². The van der Waals surface area contributed by atoms with Crippen LogP contribution in [0, 0.1) is 0 Å². The summed E-state index contributed by atoms with van der Waals surface area (Å²) in [5, 5.41) is 13.3. The average molecular weight is 725 g/mol. The Hall–Kier alpha value is -7.69. The maximum absolute atomic E-state index is 5.58. The Morgan fingerprint density at radius 3 is 1.33 bits per heavy atom. The maximum Gasteiger partial charge on any atom is 0.138 e. The molecule has 0 unspecified atom stereocenters. The number of pyridine rings is 1. The lowest BCUT2D eigenvalue weighted by atomic mass is 9.95. The highest BCUT2D eigenvalue weighted by Gasteiger charge is 2.21. The van der Waals surface area contributed by atoms with Gasteiger partial charge in [-0.3, -0.25) is 4.57 Å². The standard InChI is InChI=1S/C53H32N4/c1-2-20-41-34(14-1)40-21-13-27-50(52(40)42-29-31-51(54-53(41)42)57-47-25-11-5-17-37(47)38-18-6-12-26-48(38)57)56-46-24-10-7-19-39(46)43-32-33(28-30-49(43)56)55-44-22-8-3-15-35(44)36-16-4-9-23-45(36)55/h1-32H. The third kappa shape index (κ3) is 4.13. The van der Waals surface area contributed by atoms with E-state index in [1.807, 2.05) is 0 Å². The molecule has 13 rings (SSSR count). The van der Waals surface area contributed by atoms with Crippen LogP contribution in [0.5, 0.6) is 0 Å². The Labute approximate surface area is 326 Å². The number of para-hydroxylation sites is 5. The van der Waals surface area contributed by atoms with Crippen LogP contribution in [0.25, 0.3) is 115 Å². The van der Waals surface area contributed by atoms with E-state index in [0.29, 0.717) is 0 Å². The number of nitrogens with zero attached hydrogens (tertiary/aromatic N) is 4. The Morgan fingerprint density at radius 1 is 0.281 bits per heavy atom. The molecule has 9 aromatic carbocycles. The van der Waals surface area contributed by atoms with Gasteiger partial charge in [0.2, 0.25) is 0 Å². The third-order valence-corrected chi connectivity index (χ3v) is 12.2. The topological polar surface area (TPSA) is 27.7 Å². The van der Waals surface area contributed by atoms with Gasteiger partial charge < -0.3 is 9.13 Å². The van der Waals surface area contributed by atoms with E-state index in [9.17, 15) is 0 Å². The Bertz CT molecular complexity index is 3710. The van der Waals surface area contributed by atoms with Gasteiger partial charge in [0.1, 0.15) is 5.82 Å². The van der Waals surface area contributed by atoms with Crippen LogP contribution in [0.4, 0.5) is 0 Å². The number of hydrogen-bond acceptors (Lipinski definition) is 1. The molecule has 4 heteroatoms. The predicted molar refractivity (Wildman–Crippen MR) is 240 cm³/mol. The molecule has 0 spiro atoms. The van der Waals surface area contributed by atoms with Crippen molar-refractivity contribution in [1.29, 1.82) is 0 Å². The lowest BCUT2D eigenvalue weighted by Gasteiger charge is -2.17. The zero-order valence-electron chi connectivity index (χ0n) is 30.8.